The normalized spacial score (nSPS) is 10.6. The number of hydrogen-bond donors (Lipinski definition) is 2. The number of rotatable bonds is 4. The molecule has 0 saturated carbocycles. The van der Waals surface area contributed by atoms with Gasteiger partial charge in [0.2, 0.25) is 0 Å². The number of anilines is 1. The van der Waals surface area contributed by atoms with Gasteiger partial charge in [-0.25, -0.2) is 4.98 Å². The molecule has 3 rings (SSSR count). The molecule has 0 spiro atoms. The summed E-state index contributed by atoms with van der Waals surface area (Å²) >= 11 is 3.24. The zero-order valence-corrected chi connectivity index (χ0v) is 12.4. The lowest BCUT2D eigenvalue weighted by atomic mass is 10.2. The molecule has 4 nitrogen and oxygen atoms in total. The average molecular weight is 300 g/mol. The monoisotopic (exact) mass is 300 g/mol. The van der Waals surface area contributed by atoms with Gasteiger partial charge in [-0.3, -0.25) is 0 Å². The van der Waals surface area contributed by atoms with Crippen LogP contribution in [-0.4, -0.2) is 9.97 Å². The van der Waals surface area contributed by atoms with E-state index < -0.39 is 0 Å². The Kier molecular flexibility index (Phi) is 3.63. The minimum atomic E-state index is 0.666. The fourth-order valence-corrected chi connectivity index (χ4v) is 3.60. The quantitative estimate of drug-likeness (QED) is 0.709. The molecule has 0 bridgehead atoms. The topological polar surface area (TPSA) is 64.5 Å². The first-order chi connectivity index (χ1) is 9.81. The van der Waals surface area contributed by atoms with E-state index in [4.69, 9.17) is 5.26 Å². The summed E-state index contributed by atoms with van der Waals surface area (Å²) in [6.07, 6.45) is 4.59. The second-order valence-electron chi connectivity index (χ2n) is 4.17. The van der Waals surface area contributed by atoms with Crippen molar-refractivity contribution in [3.63, 3.8) is 0 Å². The molecule has 100 valence electrons. The Hall–Kier alpha value is -1.97. The highest BCUT2D eigenvalue weighted by molar-refractivity contribution is 8.02. The van der Waals surface area contributed by atoms with Crippen LogP contribution in [0.5, 0.6) is 0 Å². The molecule has 0 radical (unpaired) electrons. The molecular formula is C14H12N4S2. The molecule has 6 heteroatoms. The highest BCUT2D eigenvalue weighted by Crippen LogP contribution is 2.31. The average Bonchev–Trinajstić information content (AvgIpc) is 3.11. The van der Waals surface area contributed by atoms with Gasteiger partial charge in [-0.15, -0.1) is 11.3 Å². The minimum Gasteiger partial charge on any atom is -0.358 e. The van der Waals surface area contributed by atoms with Crippen LogP contribution >= 0.6 is 23.3 Å². The number of para-hydroxylation sites is 1. The van der Waals surface area contributed by atoms with E-state index in [2.05, 4.69) is 27.7 Å². The van der Waals surface area contributed by atoms with Gasteiger partial charge >= 0.3 is 0 Å². The van der Waals surface area contributed by atoms with Crippen molar-refractivity contribution in [2.24, 2.45) is 0 Å². The predicted octanol–water partition coefficient (Wildman–Crippen LogP) is 4.18. The van der Waals surface area contributed by atoms with Crippen LogP contribution < -0.4 is 4.72 Å². The third kappa shape index (κ3) is 2.38. The van der Waals surface area contributed by atoms with Crippen LogP contribution in [0.2, 0.25) is 0 Å². The zero-order chi connectivity index (χ0) is 13.9. The second kappa shape index (κ2) is 5.57. The first-order valence-electron chi connectivity index (χ1n) is 6.19. The second-order valence-corrected chi connectivity index (χ2v) is 6.39. The maximum Gasteiger partial charge on any atom is 0.101 e. The molecule has 3 aromatic rings. The van der Waals surface area contributed by atoms with Gasteiger partial charge in [0.25, 0.3) is 0 Å². The van der Waals surface area contributed by atoms with Crippen LogP contribution in [-0.2, 0) is 6.42 Å². The molecule has 0 unspecified atom stereocenters. The van der Waals surface area contributed by atoms with Crippen LogP contribution in [0.15, 0.2) is 34.8 Å². The lowest BCUT2D eigenvalue weighted by molar-refractivity contribution is 1.09. The molecule has 0 atom stereocenters. The van der Waals surface area contributed by atoms with Gasteiger partial charge in [0.15, 0.2) is 0 Å². The van der Waals surface area contributed by atoms with E-state index in [-0.39, 0.29) is 0 Å². The first kappa shape index (κ1) is 13.0. The Bertz CT molecular complexity index is 782. The number of aromatic amines is 1. The Balaban J connectivity index is 1.84. The Morgan fingerprint density at radius 1 is 1.50 bits per heavy atom. The summed E-state index contributed by atoms with van der Waals surface area (Å²) < 4.78 is 4.46. The molecule has 2 aromatic heterocycles. The molecule has 0 fully saturated rings. The van der Waals surface area contributed by atoms with E-state index >= 15 is 0 Å². The molecule has 0 aliphatic rings. The van der Waals surface area contributed by atoms with Gasteiger partial charge in [-0.2, -0.15) is 5.26 Å². The SMILES string of the molecule is CCc1ncc(SNc2cccc3c(C#N)c[nH]c23)s1. The molecule has 2 N–H and O–H groups in total. The van der Waals surface area contributed by atoms with Crippen molar-refractivity contribution >= 4 is 39.9 Å². The van der Waals surface area contributed by atoms with E-state index in [1.807, 2.05) is 24.4 Å². The van der Waals surface area contributed by atoms with Gasteiger partial charge in [-0.05, 0) is 24.4 Å². The molecule has 0 aliphatic carbocycles. The molecule has 1 aromatic carbocycles. The van der Waals surface area contributed by atoms with E-state index in [0.717, 1.165) is 32.2 Å². The van der Waals surface area contributed by atoms with Crippen molar-refractivity contribution in [2.75, 3.05) is 4.72 Å². The summed E-state index contributed by atoms with van der Waals surface area (Å²) in [7, 11) is 0. The minimum absolute atomic E-state index is 0.666. The van der Waals surface area contributed by atoms with Crippen molar-refractivity contribution in [2.45, 2.75) is 17.6 Å². The van der Waals surface area contributed by atoms with Crippen LogP contribution in [0.25, 0.3) is 10.9 Å². The Morgan fingerprint density at radius 3 is 3.15 bits per heavy atom. The maximum absolute atomic E-state index is 9.05. The van der Waals surface area contributed by atoms with E-state index in [1.54, 1.807) is 29.5 Å². The number of nitrogens with zero attached hydrogens (tertiary/aromatic N) is 2. The Morgan fingerprint density at radius 2 is 2.40 bits per heavy atom. The van der Waals surface area contributed by atoms with Gasteiger partial charge in [0.1, 0.15) is 10.3 Å². The van der Waals surface area contributed by atoms with Crippen molar-refractivity contribution in [3.05, 3.63) is 41.2 Å². The number of nitrogens with one attached hydrogen (secondary N) is 2. The Labute approximate surface area is 125 Å². The number of H-pyrrole nitrogens is 1. The molecule has 2 heterocycles. The number of thiazole rings is 1. The van der Waals surface area contributed by atoms with E-state index in [1.165, 1.54) is 0 Å². The van der Waals surface area contributed by atoms with Crippen LogP contribution in [0.3, 0.4) is 0 Å². The highest BCUT2D eigenvalue weighted by atomic mass is 32.2. The summed E-state index contributed by atoms with van der Waals surface area (Å²) in [6.45, 7) is 2.10. The van der Waals surface area contributed by atoms with Gasteiger partial charge in [-0.1, -0.05) is 19.1 Å². The molecule has 0 aliphatic heterocycles. The fourth-order valence-electron chi connectivity index (χ4n) is 1.94. The third-order valence-corrected chi connectivity index (χ3v) is 5.00. The fraction of sp³-hybridized carbons (Fsp3) is 0.143. The highest BCUT2D eigenvalue weighted by Gasteiger charge is 2.08. The van der Waals surface area contributed by atoms with Crippen molar-refractivity contribution < 1.29 is 0 Å². The smallest absolute Gasteiger partial charge is 0.101 e. The van der Waals surface area contributed by atoms with Gasteiger partial charge in [0, 0.05) is 11.6 Å². The number of benzene rings is 1. The van der Waals surface area contributed by atoms with Crippen LogP contribution in [0.1, 0.15) is 17.5 Å². The number of hydrogen-bond acceptors (Lipinski definition) is 5. The maximum atomic E-state index is 9.05. The number of aryl methyl sites for hydroxylation is 1. The van der Waals surface area contributed by atoms with Gasteiger partial charge in [0.05, 0.1) is 28.0 Å². The predicted molar refractivity (Wildman–Crippen MR) is 84.0 cm³/mol. The number of nitriles is 1. The summed E-state index contributed by atoms with van der Waals surface area (Å²) in [5, 5.41) is 11.1. The summed E-state index contributed by atoms with van der Waals surface area (Å²) in [5.74, 6) is 0. The lowest BCUT2D eigenvalue weighted by Gasteiger charge is -2.04. The van der Waals surface area contributed by atoms with Crippen molar-refractivity contribution in [3.8, 4) is 6.07 Å². The van der Waals surface area contributed by atoms with Crippen molar-refractivity contribution in [1.82, 2.24) is 9.97 Å². The van der Waals surface area contributed by atoms with Crippen LogP contribution in [0.4, 0.5) is 5.69 Å². The van der Waals surface area contributed by atoms with Crippen LogP contribution in [0, 0.1) is 11.3 Å². The van der Waals surface area contributed by atoms with E-state index in [0.29, 0.717) is 5.56 Å². The standard InChI is InChI=1S/C14H12N4S2/c1-2-12-16-8-13(19-12)20-18-11-5-3-4-10-9(6-15)7-17-14(10)11/h3-5,7-8,17-18H,2H2,1H3. The summed E-state index contributed by atoms with van der Waals surface area (Å²) in [6, 6.07) is 8.08. The summed E-state index contributed by atoms with van der Waals surface area (Å²) in [5.41, 5.74) is 2.59. The molecule has 0 amide bonds. The molecular weight excluding hydrogens is 288 g/mol. The third-order valence-electron chi connectivity index (χ3n) is 2.93. The summed E-state index contributed by atoms with van der Waals surface area (Å²) in [4.78, 5) is 7.48. The molecule has 20 heavy (non-hydrogen) atoms. The largest absolute Gasteiger partial charge is 0.358 e. The number of aromatic nitrogens is 2. The first-order valence-corrected chi connectivity index (χ1v) is 7.83. The van der Waals surface area contributed by atoms with Gasteiger partial charge < -0.3 is 9.71 Å². The zero-order valence-electron chi connectivity index (χ0n) is 10.8. The van der Waals surface area contributed by atoms with Crippen molar-refractivity contribution in [1.29, 1.82) is 5.26 Å². The number of fused-ring (bicyclic) bond motifs is 1. The lowest BCUT2D eigenvalue weighted by Crippen LogP contribution is -1.86. The molecule has 0 saturated heterocycles. The van der Waals surface area contributed by atoms with E-state index in [9.17, 15) is 0 Å².